The molecule has 2 atom stereocenters. The largest absolute Gasteiger partial charge is 0.494 e. The predicted molar refractivity (Wildman–Crippen MR) is 89.0 cm³/mol. The Labute approximate surface area is 138 Å². The van der Waals surface area contributed by atoms with Crippen molar-refractivity contribution in [2.24, 2.45) is 0 Å². The highest BCUT2D eigenvalue weighted by Crippen LogP contribution is 2.14. The third kappa shape index (κ3) is 5.84. The van der Waals surface area contributed by atoms with E-state index in [2.05, 4.69) is 23.5 Å². The SMILES string of the molecule is COC(=O)c1ccc(OCCCCN2C[C@H](C)O[C@@H](C)C2)cc1. The first kappa shape index (κ1) is 17.8. The van der Waals surface area contributed by atoms with Gasteiger partial charge in [0.05, 0.1) is 31.5 Å². The standard InChI is InChI=1S/C18H27NO4/c1-14-12-19(13-15(2)23-14)10-4-5-11-22-17-8-6-16(7-9-17)18(20)21-3/h6-9,14-15H,4-5,10-13H2,1-3H3/t14-,15-/m0/s1. The topological polar surface area (TPSA) is 48.0 Å². The number of nitrogens with zero attached hydrogens (tertiary/aromatic N) is 1. The van der Waals surface area contributed by atoms with Crippen LogP contribution in [0.1, 0.15) is 37.0 Å². The summed E-state index contributed by atoms with van der Waals surface area (Å²) in [6.07, 6.45) is 2.77. The fourth-order valence-electron chi connectivity index (χ4n) is 2.90. The van der Waals surface area contributed by atoms with Crippen LogP contribution < -0.4 is 4.74 Å². The van der Waals surface area contributed by atoms with Crippen LogP contribution in [0.4, 0.5) is 0 Å². The smallest absolute Gasteiger partial charge is 0.337 e. The molecule has 1 aromatic carbocycles. The van der Waals surface area contributed by atoms with Crippen molar-refractivity contribution >= 4 is 5.97 Å². The summed E-state index contributed by atoms with van der Waals surface area (Å²) in [6, 6.07) is 7.05. The summed E-state index contributed by atoms with van der Waals surface area (Å²) in [6.45, 7) is 8.06. The molecule has 0 aliphatic carbocycles. The zero-order chi connectivity index (χ0) is 16.7. The van der Waals surface area contributed by atoms with Crippen LogP contribution in [0.5, 0.6) is 5.75 Å². The van der Waals surface area contributed by atoms with E-state index < -0.39 is 0 Å². The molecule has 0 N–H and O–H groups in total. The van der Waals surface area contributed by atoms with Crippen LogP contribution in [-0.2, 0) is 9.47 Å². The zero-order valence-corrected chi connectivity index (χ0v) is 14.3. The van der Waals surface area contributed by atoms with Gasteiger partial charge in [0.1, 0.15) is 5.75 Å². The van der Waals surface area contributed by atoms with Crippen LogP contribution in [0.3, 0.4) is 0 Å². The van der Waals surface area contributed by atoms with Crippen molar-refractivity contribution in [3.8, 4) is 5.75 Å². The molecule has 2 rings (SSSR count). The van der Waals surface area contributed by atoms with E-state index in [1.807, 2.05) is 0 Å². The van der Waals surface area contributed by atoms with Crippen LogP contribution >= 0.6 is 0 Å². The van der Waals surface area contributed by atoms with Crippen molar-refractivity contribution in [2.75, 3.05) is 33.4 Å². The van der Waals surface area contributed by atoms with Crippen LogP contribution in [0, 0.1) is 0 Å². The van der Waals surface area contributed by atoms with E-state index in [1.54, 1.807) is 24.3 Å². The summed E-state index contributed by atoms with van der Waals surface area (Å²) in [5.74, 6) is 0.455. The highest BCUT2D eigenvalue weighted by atomic mass is 16.5. The van der Waals surface area contributed by atoms with E-state index in [0.29, 0.717) is 24.4 Å². The van der Waals surface area contributed by atoms with Crippen molar-refractivity contribution in [3.63, 3.8) is 0 Å². The molecule has 0 bridgehead atoms. The number of ether oxygens (including phenoxy) is 3. The fourth-order valence-corrected chi connectivity index (χ4v) is 2.90. The first-order valence-electron chi connectivity index (χ1n) is 8.27. The maximum Gasteiger partial charge on any atom is 0.337 e. The quantitative estimate of drug-likeness (QED) is 0.571. The number of morpholine rings is 1. The Balaban J connectivity index is 1.63. The second kappa shape index (κ2) is 8.89. The number of esters is 1. The minimum atomic E-state index is -0.328. The van der Waals surface area contributed by atoms with E-state index in [1.165, 1.54) is 7.11 Å². The maximum absolute atomic E-state index is 11.3. The lowest BCUT2D eigenvalue weighted by Gasteiger charge is -2.35. The fraction of sp³-hybridized carbons (Fsp3) is 0.611. The van der Waals surface area contributed by atoms with Gasteiger partial charge in [-0.2, -0.15) is 0 Å². The molecule has 1 aliphatic heterocycles. The Morgan fingerprint density at radius 3 is 2.43 bits per heavy atom. The molecule has 0 radical (unpaired) electrons. The van der Waals surface area contributed by atoms with Gasteiger partial charge in [-0.05, 0) is 57.5 Å². The number of carbonyl (C=O) groups excluding carboxylic acids is 1. The molecular weight excluding hydrogens is 294 g/mol. The normalized spacial score (nSPS) is 21.9. The molecule has 0 saturated carbocycles. The Morgan fingerprint density at radius 2 is 1.83 bits per heavy atom. The monoisotopic (exact) mass is 321 g/mol. The van der Waals surface area contributed by atoms with E-state index in [-0.39, 0.29) is 5.97 Å². The Bertz CT molecular complexity index is 478. The summed E-state index contributed by atoms with van der Waals surface area (Å²) in [5, 5.41) is 0. The average Bonchev–Trinajstić information content (AvgIpc) is 2.53. The molecule has 5 nitrogen and oxygen atoms in total. The summed E-state index contributed by atoms with van der Waals surface area (Å²) < 4.78 is 16.1. The molecule has 5 heteroatoms. The minimum absolute atomic E-state index is 0.323. The highest BCUT2D eigenvalue weighted by molar-refractivity contribution is 5.89. The van der Waals surface area contributed by atoms with E-state index in [9.17, 15) is 4.79 Å². The van der Waals surface area contributed by atoms with Crippen LogP contribution in [0.2, 0.25) is 0 Å². The molecule has 23 heavy (non-hydrogen) atoms. The highest BCUT2D eigenvalue weighted by Gasteiger charge is 2.21. The number of rotatable bonds is 7. The van der Waals surface area contributed by atoms with Crippen molar-refractivity contribution in [2.45, 2.75) is 38.9 Å². The van der Waals surface area contributed by atoms with E-state index in [0.717, 1.165) is 38.2 Å². The molecule has 0 unspecified atom stereocenters. The molecule has 1 fully saturated rings. The van der Waals surface area contributed by atoms with Crippen LogP contribution in [0.15, 0.2) is 24.3 Å². The number of methoxy groups -OCH3 is 1. The van der Waals surface area contributed by atoms with Crippen molar-refractivity contribution in [1.82, 2.24) is 4.90 Å². The number of carbonyl (C=O) groups is 1. The predicted octanol–water partition coefficient (Wildman–Crippen LogP) is 2.74. The zero-order valence-electron chi connectivity index (χ0n) is 14.3. The lowest BCUT2D eigenvalue weighted by molar-refractivity contribution is -0.0682. The molecule has 128 valence electrons. The van der Waals surface area contributed by atoms with Crippen molar-refractivity contribution in [1.29, 1.82) is 0 Å². The van der Waals surface area contributed by atoms with Gasteiger partial charge >= 0.3 is 5.97 Å². The average molecular weight is 321 g/mol. The van der Waals surface area contributed by atoms with Gasteiger partial charge < -0.3 is 14.2 Å². The molecule has 1 saturated heterocycles. The van der Waals surface area contributed by atoms with Gasteiger partial charge in [0.15, 0.2) is 0 Å². The second-order valence-electron chi connectivity index (χ2n) is 6.09. The van der Waals surface area contributed by atoms with Gasteiger partial charge in [0.2, 0.25) is 0 Å². The Kier molecular flexibility index (Phi) is 6.86. The van der Waals surface area contributed by atoms with Crippen molar-refractivity contribution < 1.29 is 19.0 Å². The van der Waals surface area contributed by atoms with E-state index >= 15 is 0 Å². The lowest BCUT2D eigenvalue weighted by atomic mass is 10.2. The minimum Gasteiger partial charge on any atom is -0.494 e. The summed E-state index contributed by atoms with van der Waals surface area (Å²) in [4.78, 5) is 13.8. The first-order chi connectivity index (χ1) is 11.1. The second-order valence-corrected chi connectivity index (χ2v) is 6.09. The van der Waals surface area contributed by atoms with E-state index in [4.69, 9.17) is 9.47 Å². The lowest BCUT2D eigenvalue weighted by Crippen LogP contribution is -2.45. The van der Waals surface area contributed by atoms with Gasteiger partial charge in [0.25, 0.3) is 0 Å². The number of unbranched alkanes of at least 4 members (excludes halogenated alkanes) is 1. The third-order valence-electron chi connectivity index (χ3n) is 3.91. The Morgan fingerprint density at radius 1 is 1.17 bits per heavy atom. The molecule has 1 heterocycles. The van der Waals surface area contributed by atoms with Crippen LogP contribution in [-0.4, -0.2) is 56.4 Å². The summed E-state index contributed by atoms with van der Waals surface area (Å²) >= 11 is 0. The Hall–Kier alpha value is -1.59. The molecule has 0 aromatic heterocycles. The molecule has 0 amide bonds. The van der Waals surface area contributed by atoms with Gasteiger partial charge in [-0.3, -0.25) is 4.90 Å². The summed E-state index contributed by atoms with van der Waals surface area (Å²) in [5.41, 5.74) is 0.537. The third-order valence-corrected chi connectivity index (χ3v) is 3.91. The van der Waals surface area contributed by atoms with Gasteiger partial charge in [-0.25, -0.2) is 4.79 Å². The maximum atomic E-state index is 11.3. The molecule has 1 aromatic rings. The molecule has 1 aliphatic rings. The number of hydrogen-bond donors (Lipinski definition) is 0. The van der Waals surface area contributed by atoms with Crippen molar-refractivity contribution in [3.05, 3.63) is 29.8 Å². The van der Waals surface area contributed by atoms with Crippen LogP contribution in [0.25, 0.3) is 0 Å². The van der Waals surface area contributed by atoms with Gasteiger partial charge in [-0.1, -0.05) is 0 Å². The first-order valence-corrected chi connectivity index (χ1v) is 8.27. The number of hydrogen-bond acceptors (Lipinski definition) is 5. The summed E-state index contributed by atoms with van der Waals surface area (Å²) in [7, 11) is 1.38. The molecule has 0 spiro atoms. The number of benzene rings is 1. The molecular formula is C18H27NO4. The van der Waals surface area contributed by atoms with Gasteiger partial charge in [-0.15, -0.1) is 0 Å². The van der Waals surface area contributed by atoms with Gasteiger partial charge in [0, 0.05) is 13.1 Å².